The molecule has 1 N–H and O–H groups in total. The van der Waals surface area contributed by atoms with Crippen LogP contribution in [0.1, 0.15) is 56.3 Å². The molecule has 3 aromatic rings. The Labute approximate surface area is 208 Å². The van der Waals surface area contributed by atoms with E-state index in [1.54, 1.807) is 9.80 Å². The molecule has 0 bridgehead atoms. The standard InChI is InChI=1S/C29H37N3O3/c1-21(2)17-32(29(34)30-26-14-12-25(13-15-26)22(3)4)20-28(33)31(18-24-9-7-6-8-10-24)19-27-16-11-23(5)35-27/h6-16,21-22H,17-20H2,1-5H3,(H,30,34). The lowest BCUT2D eigenvalue weighted by Crippen LogP contribution is -2.45. The van der Waals surface area contributed by atoms with Crippen LogP contribution in [-0.2, 0) is 17.9 Å². The van der Waals surface area contributed by atoms with Gasteiger partial charge >= 0.3 is 6.03 Å². The molecule has 0 atom stereocenters. The lowest BCUT2D eigenvalue weighted by atomic mass is 10.0. The molecule has 35 heavy (non-hydrogen) atoms. The number of carbonyl (C=O) groups excluding carboxylic acids is 2. The van der Waals surface area contributed by atoms with E-state index in [9.17, 15) is 9.59 Å². The van der Waals surface area contributed by atoms with Crippen LogP contribution in [0.2, 0.25) is 0 Å². The molecule has 3 amide bonds. The van der Waals surface area contributed by atoms with Gasteiger partial charge in [0.1, 0.15) is 18.1 Å². The summed E-state index contributed by atoms with van der Waals surface area (Å²) in [6, 6.07) is 21.2. The van der Waals surface area contributed by atoms with Gasteiger partial charge in [-0.25, -0.2) is 4.79 Å². The molecule has 186 valence electrons. The number of carbonyl (C=O) groups is 2. The maximum atomic E-state index is 13.5. The number of benzene rings is 2. The van der Waals surface area contributed by atoms with Crippen LogP contribution in [0, 0.1) is 12.8 Å². The fraction of sp³-hybridized carbons (Fsp3) is 0.379. The van der Waals surface area contributed by atoms with E-state index in [1.807, 2.05) is 87.5 Å². The van der Waals surface area contributed by atoms with E-state index in [1.165, 1.54) is 5.56 Å². The lowest BCUT2D eigenvalue weighted by Gasteiger charge is -2.28. The molecule has 1 aromatic heterocycles. The van der Waals surface area contributed by atoms with Crippen molar-refractivity contribution in [2.45, 2.75) is 53.6 Å². The monoisotopic (exact) mass is 475 g/mol. The van der Waals surface area contributed by atoms with Gasteiger partial charge in [0, 0.05) is 18.8 Å². The summed E-state index contributed by atoms with van der Waals surface area (Å²) < 4.78 is 5.74. The molecule has 0 radical (unpaired) electrons. The predicted molar refractivity (Wildman–Crippen MR) is 140 cm³/mol. The maximum absolute atomic E-state index is 13.5. The van der Waals surface area contributed by atoms with Gasteiger partial charge in [0.2, 0.25) is 5.91 Å². The minimum absolute atomic E-state index is 0.0133. The Bertz CT molecular complexity index is 1090. The van der Waals surface area contributed by atoms with E-state index in [0.717, 1.165) is 17.1 Å². The summed E-state index contributed by atoms with van der Waals surface area (Å²) in [4.78, 5) is 30.0. The first-order valence-corrected chi connectivity index (χ1v) is 12.2. The minimum atomic E-state index is -0.280. The van der Waals surface area contributed by atoms with Crippen LogP contribution in [0.3, 0.4) is 0 Å². The fourth-order valence-corrected chi connectivity index (χ4v) is 3.87. The van der Waals surface area contributed by atoms with Crippen molar-refractivity contribution in [2.24, 2.45) is 5.92 Å². The summed E-state index contributed by atoms with van der Waals surface area (Å²) in [5, 5.41) is 2.96. The number of furan rings is 1. The molecular weight excluding hydrogens is 438 g/mol. The number of urea groups is 1. The van der Waals surface area contributed by atoms with Gasteiger partial charge in [-0.3, -0.25) is 4.79 Å². The third-order valence-corrected chi connectivity index (χ3v) is 5.74. The van der Waals surface area contributed by atoms with Gasteiger partial charge < -0.3 is 19.5 Å². The van der Waals surface area contributed by atoms with Crippen LogP contribution in [0.15, 0.2) is 71.1 Å². The van der Waals surface area contributed by atoms with Gasteiger partial charge in [0.15, 0.2) is 0 Å². The summed E-state index contributed by atoms with van der Waals surface area (Å²) in [5.41, 5.74) is 2.95. The molecule has 3 rings (SSSR count). The topological polar surface area (TPSA) is 65.8 Å². The molecule has 0 aliphatic heterocycles. The molecule has 0 aliphatic carbocycles. The minimum Gasteiger partial charge on any atom is -0.464 e. The smallest absolute Gasteiger partial charge is 0.322 e. The Balaban J connectivity index is 1.75. The van der Waals surface area contributed by atoms with Gasteiger partial charge in [0.05, 0.1) is 6.54 Å². The molecule has 6 nitrogen and oxygen atoms in total. The third kappa shape index (κ3) is 8.02. The summed E-state index contributed by atoms with van der Waals surface area (Å²) in [7, 11) is 0. The van der Waals surface area contributed by atoms with Crippen molar-refractivity contribution < 1.29 is 14.0 Å². The van der Waals surface area contributed by atoms with E-state index >= 15 is 0 Å². The van der Waals surface area contributed by atoms with Crippen molar-refractivity contribution in [1.82, 2.24) is 9.80 Å². The van der Waals surface area contributed by atoms with Crippen LogP contribution in [0.4, 0.5) is 10.5 Å². The molecule has 2 aromatic carbocycles. The van der Waals surface area contributed by atoms with Gasteiger partial charge in [-0.15, -0.1) is 0 Å². The van der Waals surface area contributed by atoms with E-state index in [-0.39, 0.29) is 24.4 Å². The highest BCUT2D eigenvalue weighted by Crippen LogP contribution is 2.18. The molecule has 0 unspecified atom stereocenters. The maximum Gasteiger partial charge on any atom is 0.322 e. The van der Waals surface area contributed by atoms with Gasteiger partial charge in [-0.1, -0.05) is 70.2 Å². The zero-order valence-electron chi connectivity index (χ0n) is 21.5. The first-order valence-electron chi connectivity index (χ1n) is 12.2. The molecular formula is C29H37N3O3. The third-order valence-electron chi connectivity index (χ3n) is 5.74. The first kappa shape index (κ1) is 26.1. The number of nitrogens with zero attached hydrogens (tertiary/aromatic N) is 2. The number of hydrogen-bond acceptors (Lipinski definition) is 3. The van der Waals surface area contributed by atoms with E-state index in [4.69, 9.17) is 4.42 Å². The molecule has 0 aliphatic rings. The van der Waals surface area contributed by atoms with Gasteiger partial charge in [-0.05, 0) is 54.2 Å². The average Bonchev–Trinajstić information content (AvgIpc) is 3.23. The highest BCUT2D eigenvalue weighted by molar-refractivity contribution is 5.92. The normalized spacial score (nSPS) is 11.1. The fourth-order valence-electron chi connectivity index (χ4n) is 3.87. The Morgan fingerprint density at radius 2 is 1.54 bits per heavy atom. The Morgan fingerprint density at radius 1 is 0.857 bits per heavy atom. The van der Waals surface area contributed by atoms with E-state index in [2.05, 4.69) is 19.2 Å². The summed E-state index contributed by atoms with van der Waals surface area (Å²) >= 11 is 0. The second kappa shape index (κ2) is 12.2. The molecule has 1 heterocycles. The average molecular weight is 476 g/mol. The molecule has 0 fully saturated rings. The number of amides is 3. The molecule has 6 heteroatoms. The Hall–Kier alpha value is -3.54. The highest BCUT2D eigenvalue weighted by Gasteiger charge is 2.23. The van der Waals surface area contributed by atoms with Gasteiger partial charge in [0.25, 0.3) is 0 Å². The number of anilines is 1. The van der Waals surface area contributed by atoms with Crippen LogP contribution in [0.25, 0.3) is 0 Å². The quantitative estimate of drug-likeness (QED) is 0.367. The number of nitrogens with one attached hydrogen (secondary N) is 1. The van der Waals surface area contributed by atoms with Crippen molar-refractivity contribution in [3.8, 4) is 0 Å². The zero-order chi connectivity index (χ0) is 25.4. The van der Waals surface area contributed by atoms with Crippen LogP contribution >= 0.6 is 0 Å². The largest absolute Gasteiger partial charge is 0.464 e. The second-order valence-electron chi connectivity index (χ2n) is 9.73. The summed E-state index contributed by atoms with van der Waals surface area (Å²) in [6.07, 6.45) is 0. The SMILES string of the molecule is Cc1ccc(CN(Cc2ccccc2)C(=O)CN(CC(C)C)C(=O)Nc2ccc(C(C)C)cc2)o1. The molecule has 0 spiro atoms. The Kier molecular flexibility index (Phi) is 9.12. The zero-order valence-corrected chi connectivity index (χ0v) is 21.5. The molecule has 0 saturated heterocycles. The molecule has 0 saturated carbocycles. The van der Waals surface area contributed by atoms with Crippen LogP contribution in [0.5, 0.6) is 0 Å². The second-order valence-corrected chi connectivity index (χ2v) is 9.73. The lowest BCUT2D eigenvalue weighted by molar-refractivity contribution is -0.133. The number of hydrogen-bond donors (Lipinski definition) is 1. The van der Waals surface area contributed by atoms with Crippen molar-refractivity contribution in [3.05, 3.63) is 89.4 Å². The summed E-state index contributed by atoms with van der Waals surface area (Å²) in [5.74, 6) is 2.03. The van der Waals surface area contributed by atoms with Crippen LogP contribution < -0.4 is 5.32 Å². The Morgan fingerprint density at radius 3 is 2.11 bits per heavy atom. The number of aryl methyl sites for hydroxylation is 1. The van der Waals surface area contributed by atoms with Crippen molar-refractivity contribution in [3.63, 3.8) is 0 Å². The van der Waals surface area contributed by atoms with Crippen molar-refractivity contribution in [1.29, 1.82) is 0 Å². The number of rotatable bonds is 10. The summed E-state index contributed by atoms with van der Waals surface area (Å²) in [6.45, 7) is 11.5. The van der Waals surface area contributed by atoms with Gasteiger partial charge in [-0.2, -0.15) is 0 Å². The van der Waals surface area contributed by atoms with E-state index < -0.39 is 0 Å². The van der Waals surface area contributed by atoms with Crippen LogP contribution in [-0.4, -0.2) is 34.8 Å². The first-order chi connectivity index (χ1) is 16.7. The highest BCUT2D eigenvalue weighted by atomic mass is 16.3. The van der Waals surface area contributed by atoms with Crippen molar-refractivity contribution >= 4 is 17.6 Å². The van der Waals surface area contributed by atoms with Crippen molar-refractivity contribution in [2.75, 3.05) is 18.4 Å². The predicted octanol–water partition coefficient (Wildman–Crippen LogP) is 6.43. The van der Waals surface area contributed by atoms with E-state index in [0.29, 0.717) is 31.2 Å².